The van der Waals surface area contributed by atoms with Gasteiger partial charge in [0, 0.05) is 58.2 Å². The van der Waals surface area contributed by atoms with Gasteiger partial charge in [-0.3, -0.25) is 4.90 Å². The zero-order valence-electron chi connectivity index (χ0n) is 10.7. The maximum Gasteiger partial charge on any atom is 0.225 e. The van der Waals surface area contributed by atoms with E-state index in [-0.39, 0.29) is 0 Å². The Kier molecular flexibility index (Phi) is 4.28. The summed E-state index contributed by atoms with van der Waals surface area (Å²) in [7, 11) is 2.05. The minimum absolute atomic E-state index is 0.820. The summed E-state index contributed by atoms with van der Waals surface area (Å²) in [5.74, 6) is 0.820. The standard InChI is InChI=1S/C12H21N5/c1-11-3-4-14-12(15-11)16(2)9-10-17-7-5-13-6-8-17/h3-4,13H,5-10H2,1-2H3. The molecule has 1 N–H and O–H groups in total. The van der Waals surface area contributed by atoms with Gasteiger partial charge in [-0.2, -0.15) is 0 Å². The molecule has 94 valence electrons. The number of nitrogens with zero attached hydrogens (tertiary/aromatic N) is 4. The molecule has 5 heteroatoms. The number of nitrogens with one attached hydrogen (secondary N) is 1. The second-order valence-corrected chi connectivity index (χ2v) is 4.51. The molecule has 0 spiro atoms. The van der Waals surface area contributed by atoms with Gasteiger partial charge in [-0.25, -0.2) is 9.97 Å². The Morgan fingerprint density at radius 1 is 1.41 bits per heavy atom. The summed E-state index contributed by atoms with van der Waals surface area (Å²) in [6.45, 7) is 8.54. The van der Waals surface area contributed by atoms with E-state index in [1.165, 1.54) is 0 Å². The van der Waals surface area contributed by atoms with Crippen LogP contribution < -0.4 is 10.2 Å². The third kappa shape index (κ3) is 3.64. The average molecular weight is 235 g/mol. The summed E-state index contributed by atoms with van der Waals surface area (Å²) in [5.41, 5.74) is 1.02. The van der Waals surface area contributed by atoms with Crippen LogP contribution in [-0.4, -0.2) is 61.2 Å². The minimum atomic E-state index is 0.820. The van der Waals surface area contributed by atoms with E-state index in [9.17, 15) is 0 Å². The van der Waals surface area contributed by atoms with Crippen molar-refractivity contribution in [1.82, 2.24) is 20.2 Å². The lowest BCUT2D eigenvalue weighted by molar-refractivity contribution is 0.246. The molecule has 0 radical (unpaired) electrons. The van der Waals surface area contributed by atoms with Crippen LogP contribution in [0.25, 0.3) is 0 Å². The van der Waals surface area contributed by atoms with E-state index in [4.69, 9.17) is 0 Å². The zero-order valence-corrected chi connectivity index (χ0v) is 10.7. The zero-order chi connectivity index (χ0) is 12.1. The number of likely N-dealkylation sites (N-methyl/N-ethyl adjacent to an activating group) is 1. The Balaban J connectivity index is 1.82. The van der Waals surface area contributed by atoms with Gasteiger partial charge in [0.25, 0.3) is 0 Å². The number of hydrogen-bond acceptors (Lipinski definition) is 5. The van der Waals surface area contributed by atoms with Gasteiger partial charge in [-0.05, 0) is 13.0 Å². The van der Waals surface area contributed by atoms with Crippen molar-refractivity contribution in [3.8, 4) is 0 Å². The number of piperazine rings is 1. The van der Waals surface area contributed by atoms with E-state index in [1.807, 2.05) is 19.2 Å². The van der Waals surface area contributed by atoms with Crippen LogP contribution in [0.4, 0.5) is 5.95 Å². The molecule has 17 heavy (non-hydrogen) atoms. The van der Waals surface area contributed by atoms with E-state index >= 15 is 0 Å². The molecule has 1 aliphatic heterocycles. The van der Waals surface area contributed by atoms with Crippen molar-refractivity contribution >= 4 is 5.95 Å². The molecule has 0 unspecified atom stereocenters. The molecule has 0 atom stereocenters. The average Bonchev–Trinajstić information content (AvgIpc) is 2.37. The second kappa shape index (κ2) is 5.93. The van der Waals surface area contributed by atoms with Crippen molar-refractivity contribution in [1.29, 1.82) is 0 Å². The fourth-order valence-electron chi connectivity index (χ4n) is 1.95. The Morgan fingerprint density at radius 2 is 2.18 bits per heavy atom. The van der Waals surface area contributed by atoms with Crippen LogP contribution in [0.5, 0.6) is 0 Å². The number of hydrogen-bond donors (Lipinski definition) is 1. The Hall–Kier alpha value is -1.20. The lowest BCUT2D eigenvalue weighted by Crippen LogP contribution is -2.46. The fraction of sp³-hybridized carbons (Fsp3) is 0.667. The highest BCUT2D eigenvalue weighted by Crippen LogP contribution is 2.04. The molecule has 0 saturated carbocycles. The van der Waals surface area contributed by atoms with Gasteiger partial charge in [0.2, 0.25) is 5.95 Å². The molecule has 1 saturated heterocycles. The molecule has 1 aromatic heterocycles. The van der Waals surface area contributed by atoms with Crippen molar-refractivity contribution in [2.24, 2.45) is 0 Å². The highest BCUT2D eigenvalue weighted by atomic mass is 15.3. The van der Waals surface area contributed by atoms with Gasteiger partial charge in [-0.15, -0.1) is 0 Å². The van der Waals surface area contributed by atoms with Crippen molar-refractivity contribution in [2.45, 2.75) is 6.92 Å². The normalized spacial score (nSPS) is 17.1. The van der Waals surface area contributed by atoms with Gasteiger partial charge in [0.15, 0.2) is 0 Å². The highest BCUT2D eigenvalue weighted by Gasteiger charge is 2.11. The maximum absolute atomic E-state index is 4.42. The Bertz CT molecular complexity index is 349. The van der Waals surface area contributed by atoms with Gasteiger partial charge >= 0.3 is 0 Å². The molecule has 0 aromatic carbocycles. The first-order valence-corrected chi connectivity index (χ1v) is 6.19. The third-order valence-electron chi connectivity index (χ3n) is 3.08. The second-order valence-electron chi connectivity index (χ2n) is 4.51. The molecule has 0 amide bonds. The monoisotopic (exact) mass is 235 g/mol. The van der Waals surface area contributed by atoms with Crippen LogP contribution in [0.1, 0.15) is 5.69 Å². The van der Waals surface area contributed by atoms with Crippen molar-refractivity contribution in [3.63, 3.8) is 0 Å². The number of rotatable bonds is 4. The lowest BCUT2D eigenvalue weighted by atomic mass is 10.3. The first kappa shape index (κ1) is 12.3. The van der Waals surface area contributed by atoms with Crippen LogP contribution >= 0.6 is 0 Å². The van der Waals surface area contributed by atoms with Gasteiger partial charge in [0.05, 0.1) is 0 Å². The highest BCUT2D eigenvalue weighted by molar-refractivity contribution is 5.28. The lowest BCUT2D eigenvalue weighted by Gasteiger charge is -2.29. The number of aryl methyl sites for hydroxylation is 1. The predicted octanol–water partition coefficient (Wildman–Crippen LogP) is 0.126. The first-order chi connectivity index (χ1) is 8.25. The maximum atomic E-state index is 4.42. The molecule has 1 aromatic rings. The van der Waals surface area contributed by atoms with E-state index in [1.54, 1.807) is 0 Å². The van der Waals surface area contributed by atoms with Crippen molar-refractivity contribution < 1.29 is 0 Å². The summed E-state index contributed by atoms with van der Waals surface area (Å²) < 4.78 is 0. The van der Waals surface area contributed by atoms with E-state index in [0.717, 1.165) is 50.9 Å². The molecular weight excluding hydrogens is 214 g/mol. The minimum Gasteiger partial charge on any atom is -0.343 e. The fourth-order valence-corrected chi connectivity index (χ4v) is 1.95. The molecule has 1 aliphatic rings. The van der Waals surface area contributed by atoms with Crippen LogP contribution in [0.3, 0.4) is 0 Å². The van der Waals surface area contributed by atoms with E-state index in [0.29, 0.717) is 0 Å². The van der Waals surface area contributed by atoms with Crippen LogP contribution in [0, 0.1) is 6.92 Å². The molecule has 0 aliphatic carbocycles. The smallest absolute Gasteiger partial charge is 0.225 e. The Labute approximate surface area is 103 Å². The summed E-state index contributed by atoms with van der Waals surface area (Å²) in [5, 5.41) is 3.36. The molecule has 2 heterocycles. The number of anilines is 1. The van der Waals surface area contributed by atoms with Gasteiger partial charge in [-0.1, -0.05) is 0 Å². The first-order valence-electron chi connectivity index (χ1n) is 6.19. The van der Waals surface area contributed by atoms with E-state index in [2.05, 4.69) is 32.1 Å². The summed E-state index contributed by atoms with van der Waals surface area (Å²) in [6.07, 6.45) is 1.82. The molecule has 5 nitrogen and oxygen atoms in total. The van der Waals surface area contributed by atoms with Crippen LogP contribution in [-0.2, 0) is 0 Å². The predicted molar refractivity (Wildman–Crippen MR) is 69.3 cm³/mol. The third-order valence-corrected chi connectivity index (χ3v) is 3.08. The van der Waals surface area contributed by atoms with Gasteiger partial charge in [0.1, 0.15) is 0 Å². The summed E-state index contributed by atoms with van der Waals surface area (Å²) in [4.78, 5) is 13.3. The Morgan fingerprint density at radius 3 is 2.88 bits per heavy atom. The molecule has 0 bridgehead atoms. The summed E-state index contributed by atoms with van der Waals surface area (Å²) >= 11 is 0. The topological polar surface area (TPSA) is 44.3 Å². The van der Waals surface area contributed by atoms with Crippen LogP contribution in [0.2, 0.25) is 0 Å². The largest absolute Gasteiger partial charge is 0.343 e. The SMILES string of the molecule is Cc1ccnc(N(C)CCN2CCNCC2)n1. The van der Waals surface area contributed by atoms with Crippen molar-refractivity contribution in [3.05, 3.63) is 18.0 Å². The quantitative estimate of drug-likeness (QED) is 0.803. The number of aromatic nitrogens is 2. The van der Waals surface area contributed by atoms with Gasteiger partial charge < -0.3 is 10.2 Å². The molecular formula is C12H21N5. The molecule has 2 rings (SSSR count). The van der Waals surface area contributed by atoms with E-state index < -0.39 is 0 Å². The summed E-state index contributed by atoms with van der Waals surface area (Å²) in [6, 6.07) is 1.92. The van der Waals surface area contributed by atoms with Crippen molar-refractivity contribution in [2.75, 3.05) is 51.2 Å². The van der Waals surface area contributed by atoms with Crippen LogP contribution in [0.15, 0.2) is 12.3 Å². The molecule has 1 fully saturated rings.